The Morgan fingerprint density at radius 1 is 0.941 bits per heavy atom. The Kier molecular flexibility index (Phi) is 4.66. The van der Waals surface area contributed by atoms with Gasteiger partial charge in [0.05, 0.1) is 8.42 Å². The Morgan fingerprint density at radius 2 is 1.41 bits per heavy atom. The molecule has 0 amide bonds. The molecule has 88 valence electrons. The van der Waals surface area contributed by atoms with Gasteiger partial charge in [-0.2, -0.15) is 0 Å². The van der Waals surface area contributed by atoms with Gasteiger partial charge >= 0.3 is 0 Å². The molecule has 0 radical (unpaired) electrons. The molecule has 0 fully saturated rings. The van der Waals surface area contributed by atoms with Crippen molar-refractivity contribution in [2.75, 3.05) is 0 Å². The van der Waals surface area contributed by atoms with Crippen molar-refractivity contribution in [2.45, 2.75) is 21.3 Å². The highest BCUT2D eigenvalue weighted by molar-refractivity contribution is 8.03. The molecule has 2 heterocycles. The molecule has 0 saturated heterocycles. The summed E-state index contributed by atoms with van der Waals surface area (Å²) in [5.41, 5.74) is 2.76. The Balaban J connectivity index is 2.18. The minimum Gasteiger partial charge on any atom is -0.137 e. The van der Waals surface area contributed by atoms with E-state index >= 15 is 0 Å². The second-order valence-electron chi connectivity index (χ2n) is 3.55. The van der Waals surface area contributed by atoms with Crippen LogP contribution in [-0.2, 0) is 12.8 Å². The Labute approximate surface area is 115 Å². The quantitative estimate of drug-likeness (QED) is 0.636. The van der Waals surface area contributed by atoms with E-state index in [2.05, 4.69) is 36.1 Å². The molecular weight excluding hydrogens is 264 g/mol. The van der Waals surface area contributed by atoms with Crippen molar-refractivity contribution in [2.24, 2.45) is 0 Å². The van der Waals surface area contributed by atoms with E-state index in [1.165, 1.54) is 19.5 Å². The van der Waals surface area contributed by atoms with Crippen LogP contribution in [-0.4, -0.2) is 0 Å². The summed E-state index contributed by atoms with van der Waals surface area (Å²) in [6.45, 7) is 7.61. The molecule has 0 nitrogen and oxygen atoms in total. The molecule has 0 atom stereocenters. The van der Waals surface area contributed by atoms with Crippen molar-refractivity contribution in [3.8, 4) is 0 Å². The number of hydrogen-bond donors (Lipinski definition) is 0. The lowest BCUT2D eigenvalue weighted by Gasteiger charge is -2.02. The number of hydrogen-bond acceptors (Lipinski definition) is 3. The van der Waals surface area contributed by atoms with Crippen LogP contribution in [0.2, 0.25) is 0 Å². The van der Waals surface area contributed by atoms with Gasteiger partial charge in [-0.25, -0.2) is 0 Å². The van der Waals surface area contributed by atoms with Crippen molar-refractivity contribution < 1.29 is 0 Å². The summed E-state index contributed by atoms with van der Waals surface area (Å²) in [7, 11) is 0. The van der Waals surface area contributed by atoms with E-state index in [4.69, 9.17) is 0 Å². The van der Waals surface area contributed by atoms with Gasteiger partial charge in [0, 0.05) is 0 Å². The van der Waals surface area contributed by atoms with E-state index in [1.807, 2.05) is 46.6 Å². The van der Waals surface area contributed by atoms with Crippen molar-refractivity contribution in [1.82, 2.24) is 0 Å². The summed E-state index contributed by atoms with van der Waals surface area (Å²) in [5.74, 6) is 0. The SMILES string of the molecule is C=CCc1ccsc1Sc1sccc1CC=C. The molecular formula is C14H14S3. The average Bonchev–Trinajstić information content (AvgIpc) is 2.92. The zero-order chi connectivity index (χ0) is 12.1. The molecule has 0 saturated carbocycles. The van der Waals surface area contributed by atoms with Crippen LogP contribution in [0.3, 0.4) is 0 Å². The molecule has 0 aliphatic heterocycles. The molecule has 17 heavy (non-hydrogen) atoms. The Bertz CT molecular complexity index is 459. The van der Waals surface area contributed by atoms with Crippen LogP contribution in [0.4, 0.5) is 0 Å². The lowest BCUT2D eigenvalue weighted by molar-refractivity contribution is 1.23. The highest BCUT2D eigenvalue weighted by atomic mass is 32.2. The van der Waals surface area contributed by atoms with E-state index in [1.54, 1.807) is 0 Å². The van der Waals surface area contributed by atoms with E-state index in [0.717, 1.165) is 12.8 Å². The number of rotatable bonds is 6. The largest absolute Gasteiger partial charge is 0.137 e. The van der Waals surface area contributed by atoms with Gasteiger partial charge in [0.2, 0.25) is 0 Å². The molecule has 3 heteroatoms. The third kappa shape index (κ3) is 3.12. The van der Waals surface area contributed by atoms with Crippen LogP contribution >= 0.6 is 34.4 Å². The molecule has 0 spiro atoms. The highest BCUT2D eigenvalue weighted by Gasteiger charge is 2.09. The summed E-state index contributed by atoms with van der Waals surface area (Å²) >= 11 is 5.50. The van der Waals surface area contributed by atoms with Crippen LogP contribution in [0.5, 0.6) is 0 Å². The molecule has 0 bridgehead atoms. The molecule has 0 aliphatic rings. The van der Waals surface area contributed by atoms with Gasteiger partial charge in [0.25, 0.3) is 0 Å². The molecule has 0 aliphatic carbocycles. The van der Waals surface area contributed by atoms with Crippen molar-refractivity contribution in [3.63, 3.8) is 0 Å². The smallest absolute Gasteiger partial charge is 0.0689 e. The number of allylic oxidation sites excluding steroid dienone is 2. The van der Waals surface area contributed by atoms with Crippen molar-refractivity contribution in [1.29, 1.82) is 0 Å². The highest BCUT2D eigenvalue weighted by Crippen LogP contribution is 2.39. The first-order chi connectivity index (χ1) is 8.35. The van der Waals surface area contributed by atoms with Crippen LogP contribution < -0.4 is 0 Å². The van der Waals surface area contributed by atoms with Crippen molar-refractivity contribution in [3.05, 3.63) is 59.3 Å². The maximum Gasteiger partial charge on any atom is 0.0689 e. The first-order valence-electron chi connectivity index (χ1n) is 5.37. The van der Waals surface area contributed by atoms with Gasteiger partial charge in [-0.3, -0.25) is 0 Å². The molecule has 2 aromatic heterocycles. The van der Waals surface area contributed by atoms with Gasteiger partial charge in [-0.15, -0.1) is 35.8 Å². The summed E-state index contributed by atoms with van der Waals surface area (Å²) in [6.07, 6.45) is 5.83. The second-order valence-corrected chi connectivity index (χ2v) is 6.92. The van der Waals surface area contributed by atoms with Crippen LogP contribution in [0.1, 0.15) is 11.1 Å². The molecule has 0 aromatic carbocycles. The fourth-order valence-electron chi connectivity index (χ4n) is 1.52. The lowest BCUT2D eigenvalue weighted by Crippen LogP contribution is -1.80. The zero-order valence-corrected chi connectivity index (χ0v) is 12.0. The standard InChI is InChI=1S/C14H14S3/c1-3-5-11-7-9-15-13(11)17-14-12(6-4-2)8-10-16-14/h3-4,7-10H,1-2,5-6H2. The average molecular weight is 278 g/mol. The summed E-state index contributed by atoms with van der Waals surface area (Å²) in [5, 5.41) is 4.31. The summed E-state index contributed by atoms with van der Waals surface area (Å²) in [6, 6.07) is 4.38. The molecule has 0 N–H and O–H groups in total. The van der Waals surface area contributed by atoms with Gasteiger partial charge < -0.3 is 0 Å². The lowest BCUT2D eigenvalue weighted by atomic mass is 10.2. The van der Waals surface area contributed by atoms with Gasteiger partial charge in [0.1, 0.15) is 0 Å². The topological polar surface area (TPSA) is 0 Å². The van der Waals surface area contributed by atoms with E-state index in [9.17, 15) is 0 Å². The van der Waals surface area contributed by atoms with E-state index in [-0.39, 0.29) is 0 Å². The summed E-state index contributed by atoms with van der Waals surface area (Å²) < 4.78 is 2.77. The van der Waals surface area contributed by atoms with Crippen LogP contribution in [0.25, 0.3) is 0 Å². The zero-order valence-electron chi connectivity index (χ0n) is 9.52. The fraction of sp³-hybridized carbons (Fsp3) is 0.143. The monoisotopic (exact) mass is 278 g/mol. The van der Waals surface area contributed by atoms with Gasteiger partial charge in [0.15, 0.2) is 0 Å². The van der Waals surface area contributed by atoms with Gasteiger partial charge in [-0.1, -0.05) is 23.9 Å². The fourth-order valence-corrected chi connectivity index (χ4v) is 4.95. The first-order valence-corrected chi connectivity index (χ1v) is 7.95. The van der Waals surface area contributed by atoms with E-state index < -0.39 is 0 Å². The van der Waals surface area contributed by atoms with Crippen LogP contribution in [0, 0.1) is 0 Å². The number of thiophene rings is 2. The van der Waals surface area contributed by atoms with E-state index in [0.29, 0.717) is 0 Å². The van der Waals surface area contributed by atoms with Gasteiger partial charge in [-0.05, 0) is 46.9 Å². The maximum absolute atomic E-state index is 3.81. The third-order valence-corrected chi connectivity index (χ3v) is 5.80. The van der Waals surface area contributed by atoms with Crippen molar-refractivity contribution >= 4 is 34.4 Å². The normalized spacial score (nSPS) is 10.4. The minimum atomic E-state index is 0.952. The Hall–Kier alpha value is -0.770. The molecule has 0 unspecified atom stereocenters. The third-order valence-electron chi connectivity index (χ3n) is 2.33. The second kappa shape index (κ2) is 6.24. The first kappa shape index (κ1) is 12.7. The maximum atomic E-state index is 3.81. The Morgan fingerprint density at radius 3 is 1.82 bits per heavy atom. The van der Waals surface area contributed by atoms with Crippen LogP contribution in [0.15, 0.2) is 56.6 Å². The predicted molar refractivity (Wildman–Crippen MR) is 80.6 cm³/mol. The molecule has 2 rings (SSSR count). The minimum absolute atomic E-state index is 0.952. The summed E-state index contributed by atoms with van der Waals surface area (Å²) in [4.78, 5) is 0. The molecule has 2 aromatic rings. The predicted octanol–water partition coefficient (Wildman–Crippen LogP) is 5.42.